The van der Waals surface area contributed by atoms with E-state index < -0.39 is 0 Å². The standard InChI is InChI=1S/C18H15N3O2S3/c1-11-6-7-15(25-11)13-10-24-18(20-13)21-16(22)8-23-9-17-19-12-4-2-3-5-14(12)26-17/h2-7,10H,8-9H2,1H3,(H,20,21,22). The Kier molecular flexibility index (Phi) is 5.07. The molecule has 26 heavy (non-hydrogen) atoms. The monoisotopic (exact) mass is 401 g/mol. The fourth-order valence-electron chi connectivity index (χ4n) is 2.38. The van der Waals surface area contributed by atoms with Gasteiger partial charge in [-0.1, -0.05) is 12.1 Å². The molecule has 0 saturated heterocycles. The number of anilines is 1. The Hall–Kier alpha value is -2.13. The number of thiophene rings is 1. The molecule has 4 aromatic rings. The van der Waals surface area contributed by atoms with Crippen LogP contribution in [0.2, 0.25) is 0 Å². The van der Waals surface area contributed by atoms with Crippen molar-refractivity contribution in [1.82, 2.24) is 9.97 Å². The van der Waals surface area contributed by atoms with Gasteiger partial charge >= 0.3 is 0 Å². The van der Waals surface area contributed by atoms with Gasteiger partial charge in [-0.25, -0.2) is 9.97 Å². The number of fused-ring (bicyclic) bond motifs is 1. The van der Waals surface area contributed by atoms with E-state index in [9.17, 15) is 4.79 Å². The van der Waals surface area contributed by atoms with Crippen LogP contribution < -0.4 is 5.32 Å². The summed E-state index contributed by atoms with van der Waals surface area (Å²) in [5, 5.41) is 6.18. The van der Waals surface area contributed by atoms with Crippen molar-refractivity contribution in [1.29, 1.82) is 0 Å². The van der Waals surface area contributed by atoms with Gasteiger partial charge in [-0.05, 0) is 31.2 Å². The maximum atomic E-state index is 12.0. The largest absolute Gasteiger partial charge is 0.364 e. The Morgan fingerprint density at radius 3 is 2.85 bits per heavy atom. The molecule has 0 aliphatic heterocycles. The van der Waals surface area contributed by atoms with Crippen molar-refractivity contribution >= 4 is 55.3 Å². The summed E-state index contributed by atoms with van der Waals surface area (Å²) in [6, 6.07) is 12.0. The Bertz CT molecular complexity index is 1020. The van der Waals surface area contributed by atoms with Crippen LogP contribution in [0.5, 0.6) is 0 Å². The normalized spacial score (nSPS) is 11.1. The molecule has 0 radical (unpaired) electrons. The van der Waals surface area contributed by atoms with Crippen LogP contribution in [0.4, 0.5) is 5.13 Å². The van der Waals surface area contributed by atoms with Gasteiger partial charge in [-0.15, -0.1) is 34.0 Å². The molecule has 0 unspecified atom stereocenters. The molecule has 0 aliphatic carbocycles. The Morgan fingerprint density at radius 2 is 2.04 bits per heavy atom. The second kappa shape index (κ2) is 7.63. The molecule has 3 heterocycles. The lowest BCUT2D eigenvalue weighted by Crippen LogP contribution is -2.18. The molecule has 8 heteroatoms. The number of rotatable bonds is 6. The van der Waals surface area contributed by atoms with Gasteiger partial charge in [0.2, 0.25) is 0 Å². The van der Waals surface area contributed by atoms with Crippen LogP contribution in [0.1, 0.15) is 9.88 Å². The van der Waals surface area contributed by atoms with Crippen molar-refractivity contribution in [2.24, 2.45) is 0 Å². The van der Waals surface area contributed by atoms with Gasteiger partial charge in [0, 0.05) is 10.3 Å². The number of nitrogens with zero attached hydrogens (tertiary/aromatic N) is 2. The fraction of sp³-hybridized carbons (Fsp3) is 0.167. The minimum Gasteiger partial charge on any atom is -0.364 e. The van der Waals surface area contributed by atoms with Crippen LogP contribution in [-0.2, 0) is 16.1 Å². The molecule has 4 rings (SSSR count). The first kappa shape index (κ1) is 17.3. The summed E-state index contributed by atoms with van der Waals surface area (Å²) in [6.45, 7) is 2.36. The van der Waals surface area contributed by atoms with E-state index in [0.29, 0.717) is 11.7 Å². The fourth-order valence-corrected chi connectivity index (χ4v) is 4.92. The SMILES string of the molecule is Cc1ccc(-c2csc(NC(=O)COCc3nc4ccccc4s3)n2)s1. The van der Waals surface area contributed by atoms with Crippen LogP contribution in [0, 0.1) is 6.92 Å². The molecule has 1 amide bonds. The van der Waals surface area contributed by atoms with E-state index in [1.54, 1.807) is 22.7 Å². The van der Waals surface area contributed by atoms with Gasteiger partial charge in [0.15, 0.2) is 5.13 Å². The van der Waals surface area contributed by atoms with Crippen molar-refractivity contribution in [3.05, 3.63) is 51.7 Å². The molecule has 132 valence electrons. The lowest BCUT2D eigenvalue weighted by Gasteiger charge is -2.02. The van der Waals surface area contributed by atoms with Crippen LogP contribution in [0.3, 0.4) is 0 Å². The number of carbonyl (C=O) groups is 1. The van der Waals surface area contributed by atoms with Gasteiger partial charge in [0.05, 0.1) is 27.4 Å². The summed E-state index contributed by atoms with van der Waals surface area (Å²) in [7, 11) is 0. The summed E-state index contributed by atoms with van der Waals surface area (Å²) in [5.74, 6) is -0.214. The highest BCUT2D eigenvalue weighted by Gasteiger charge is 2.10. The van der Waals surface area contributed by atoms with E-state index in [2.05, 4.69) is 28.3 Å². The van der Waals surface area contributed by atoms with E-state index >= 15 is 0 Å². The van der Waals surface area contributed by atoms with Crippen LogP contribution in [0.25, 0.3) is 20.8 Å². The van der Waals surface area contributed by atoms with Crippen molar-refractivity contribution in [3.63, 3.8) is 0 Å². The van der Waals surface area contributed by atoms with Crippen molar-refractivity contribution in [3.8, 4) is 10.6 Å². The second-order valence-corrected chi connectivity index (χ2v) is 8.83. The zero-order valence-corrected chi connectivity index (χ0v) is 16.3. The Labute approximate surface area is 162 Å². The van der Waals surface area contributed by atoms with Crippen LogP contribution in [0.15, 0.2) is 41.8 Å². The summed E-state index contributed by atoms with van der Waals surface area (Å²) < 4.78 is 6.61. The van der Waals surface area contributed by atoms with E-state index in [-0.39, 0.29) is 12.5 Å². The maximum Gasteiger partial charge on any atom is 0.252 e. The second-order valence-electron chi connectivity index (χ2n) is 5.56. The lowest BCUT2D eigenvalue weighted by molar-refractivity contribution is -0.121. The highest BCUT2D eigenvalue weighted by molar-refractivity contribution is 7.18. The number of nitrogens with one attached hydrogen (secondary N) is 1. The van der Waals surface area contributed by atoms with Gasteiger partial charge in [-0.3, -0.25) is 10.1 Å². The highest BCUT2D eigenvalue weighted by atomic mass is 32.1. The van der Waals surface area contributed by atoms with Crippen molar-refractivity contribution in [2.75, 3.05) is 11.9 Å². The third-order valence-electron chi connectivity index (χ3n) is 3.54. The summed E-state index contributed by atoms with van der Waals surface area (Å²) in [6.07, 6.45) is 0. The number of para-hydroxylation sites is 1. The van der Waals surface area contributed by atoms with E-state index in [0.717, 1.165) is 25.8 Å². The predicted octanol–water partition coefficient (Wildman–Crippen LogP) is 4.95. The first-order chi connectivity index (χ1) is 12.7. The average Bonchev–Trinajstić information content (AvgIpc) is 3.33. The van der Waals surface area contributed by atoms with Crippen LogP contribution >= 0.6 is 34.0 Å². The van der Waals surface area contributed by atoms with Crippen LogP contribution in [-0.4, -0.2) is 22.5 Å². The minimum absolute atomic E-state index is 0.0249. The number of benzene rings is 1. The molecule has 5 nitrogen and oxygen atoms in total. The number of ether oxygens (including phenoxy) is 1. The maximum absolute atomic E-state index is 12.0. The number of hydrogen-bond donors (Lipinski definition) is 1. The summed E-state index contributed by atoms with van der Waals surface area (Å²) in [4.78, 5) is 23.3. The topological polar surface area (TPSA) is 64.1 Å². The van der Waals surface area contributed by atoms with Gasteiger partial charge < -0.3 is 4.74 Å². The van der Waals surface area contributed by atoms with E-state index in [1.807, 2.05) is 35.7 Å². The molecule has 0 saturated carbocycles. The quantitative estimate of drug-likeness (QED) is 0.497. The van der Waals surface area contributed by atoms with Gasteiger partial charge in [0.25, 0.3) is 5.91 Å². The Morgan fingerprint density at radius 1 is 1.15 bits per heavy atom. The van der Waals surface area contributed by atoms with E-state index in [4.69, 9.17) is 4.74 Å². The third-order valence-corrected chi connectivity index (χ3v) is 6.33. The van der Waals surface area contributed by atoms with Gasteiger partial charge in [0.1, 0.15) is 11.6 Å². The zero-order valence-electron chi connectivity index (χ0n) is 13.9. The van der Waals surface area contributed by atoms with Gasteiger partial charge in [-0.2, -0.15) is 0 Å². The zero-order chi connectivity index (χ0) is 17.9. The Balaban J connectivity index is 1.29. The minimum atomic E-state index is -0.214. The number of hydrogen-bond acceptors (Lipinski definition) is 7. The molecule has 0 bridgehead atoms. The molecular weight excluding hydrogens is 386 g/mol. The first-order valence-electron chi connectivity index (χ1n) is 7.92. The molecule has 0 atom stereocenters. The predicted molar refractivity (Wildman–Crippen MR) is 108 cm³/mol. The molecule has 0 spiro atoms. The smallest absolute Gasteiger partial charge is 0.252 e. The number of amides is 1. The number of aryl methyl sites for hydroxylation is 1. The first-order valence-corrected chi connectivity index (χ1v) is 10.4. The van der Waals surface area contributed by atoms with E-state index in [1.165, 1.54) is 16.2 Å². The number of carbonyl (C=O) groups excluding carboxylic acids is 1. The number of thiazole rings is 2. The summed E-state index contributed by atoms with van der Waals surface area (Å²) >= 11 is 4.68. The molecule has 0 aliphatic rings. The molecule has 1 N–H and O–H groups in total. The molecule has 1 aromatic carbocycles. The average molecular weight is 402 g/mol. The molecule has 0 fully saturated rings. The number of aromatic nitrogens is 2. The molecular formula is C18H15N3O2S3. The third kappa shape index (κ3) is 3.99. The van der Waals surface area contributed by atoms with Crippen molar-refractivity contribution < 1.29 is 9.53 Å². The van der Waals surface area contributed by atoms with Crippen molar-refractivity contribution in [2.45, 2.75) is 13.5 Å². The summed E-state index contributed by atoms with van der Waals surface area (Å²) in [5.41, 5.74) is 1.85. The molecule has 3 aromatic heterocycles. The highest BCUT2D eigenvalue weighted by Crippen LogP contribution is 2.30. The lowest BCUT2D eigenvalue weighted by atomic mass is 10.3.